The van der Waals surface area contributed by atoms with Gasteiger partial charge in [-0.1, -0.05) is 15.9 Å². The third-order valence-electron chi connectivity index (χ3n) is 0.188. The van der Waals surface area contributed by atoms with Gasteiger partial charge in [0.25, 0.3) is 0 Å². The van der Waals surface area contributed by atoms with Gasteiger partial charge in [-0.2, -0.15) is 0 Å². The van der Waals surface area contributed by atoms with E-state index in [2.05, 4.69) is 15.9 Å². The Morgan fingerprint density at radius 3 is 3.00 bits per heavy atom. The van der Waals surface area contributed by atoms with Crippen LogP contribution >= 0.6 is 15.9 Å². The van der Waals surface area contributed by atoms with Crippen molar-refractivity contribution < 1.29 is 15.4 Å². The lowest BCUT2D eigenvalue weighted by molar-refractivity contribution is -0.135. The maximum atomic E-state index is 10.1. The van der Waals surface area contributed by atoms with E-state index in [-0.39, 0.29) is 0 Å². The van der Waals surface area contributed by atoms with Crippen LogP contribution in [0.15, 0.2) is 0 Å². The largest absolute Gasteiger partial charge is 0.480 e. The molecule has 0 rings (SSSR count). The molecule has 0 saturated heterocycles. The maximum absolute atomic E-state index is 10.1. The molecule has 0 saturated carbocycles. The van der Waals surface area contributed by atoms with E-state index in [9.17, 15) is 4.79 Å². The summed E-state index contributed by atoms with van der Waals surface area (Å²) in [6.07, 6.45) is 0. The maximum Gasteiger partial charge on any atom is 0.316 e. The fraction of sp³-hybridized carbons (Fsp3) is 0.667. The fourth-order valence-corrected chi connectivity index (χ4v) is 0. The Bertz CT molecular complexity index is 151. The fourth-order valence-electron chi connectivity index (χ4n) is 0. The van der Waals surface area contributed by atoms with Crippen LogP contribution in [0.3, 0.4) is 0 Å². The Hall–Kier alpha value is -0.0500. The van der Waals surface area contributed by atoms with Crippen molar-refractivity contribution in [1.82, 2.24) is 0 Å². The second kappa shape index (κ2) is 2.18. The molecule has 1 N–H and O–H groups in total. The van der Waals surface area contributed by atoms with Gasteiger partial charge in [0.05, 0.1) is 1.37 Å². The van der Waals surface area contributed by atoms with E-state index >= 15 is 0 Å². The van der Waals surface area contributed by atoms with Gasteiger partial charge in [0.15, 0.2) is 0 Å². The van der Waals surface area contributed by atoms with E-state index in [0.29, 0.717) is 0 Å². The second-order valence-corrected chi connectivity index (χ2v) is 1.41. The first kappa shape index (κ1) is 1.82. The summed E-state index contributed by atoms with van der Waals surface area (Å²) in [5.41, 5.74) is 0. The lowest BCUT2D eigenvalue weighted by Crippen LogP contribution is -2.06. The van der Waals surface area contributed by atoms with Crippen LogP contribution < -0.4 is 0 Å². The average molecular weight is 157 g/mol. The standard InChI is InChI=1S/C3H5BrO2/c1-2(4)3(5)6/h2H,1H3,(H,5,6)/t2-/m0/s1/i1D3,2D. The number of carboxylic acids is 1. The van der Waals surface area contributed by atoms with Crippen LogP contribution in [-0.2, 0) is 4.79 Å². The Kier molecular flexibility index (Phi) is 0.662. The quantitative estimate of drug-likeness (QED) is 0.573. The molecule has 0 spiro atoms. The van der Waals surface area contributed by atoms with Crippen LogP contribution in [0.5, 0.6) is 0 Å². The summed E-state index contributed by atoms with van der Waals surface area (Å²) in [4.78, 5) is 7.49. The number of carboxylic acid groups (broad SMARTS) is 1. The van der Waals surface area contributed by atoms with Crippen molar-refractivity contribution >= 4 is 21.9 Å². The number of hydrogen-bond donors (Lipinski definition) is 1. The smallest absolute Gasteiger partial charge is 0.316 e. The first-order valence-corrected chi connectivity index (χ1v) is 1.91. The Morgan fingerprint density at radius 1 is 2.50 bits per heavy atom. The van der Waals surface area contributed by atoms with Gasteiger partial charge >= 0.3 is 5.97 Å². The molecule has 0 amide bonds. The van der Waals surface area contributed by atoms with Crippen LogP contribution in [-0.4, -0.2) is 15.9 Å². The minimum atomic E-state index is -2.85. The zero-order valence-electron chi connectivity index (χ0n) is 6.73. The molecule has 0 aliphatic rings. The summed E-state index contributed by atoms with van der Waals surface area (Å²) >= 11 is 2.27. The van der Waals surface area contributed by atoms with Crippen molar-refractivity contribution in [3.63, 3.8) is 0 Å². The summed E-state index contributed by atoms with van der Waals surface area (Å²) < 4.78 is 26.5. The minimum Gasteiger partial charge on any atom is -0.480 e. The molecule has 0 fully saturated rings. The van der Waals surface area contributed by atoms with E-state index in [1.807, 2.05) is 0 Å². The van der Waals surface area contributed by atoms with Crippen LogP contribution in [0.25, 0.3) is 0 Å². The van der Waals surface area contributed by atoms with Crippen molar-refractivity contribution in [3.05, 3.63) is 0 Å². The summed E-state index contributed by atoms with van der Waals surface area (Å²) in [7, 11) is 0. The van der Waals surface area contributed by atoms with Gasteiger partial charge in [-0.15, -0.1) is 0 Å². The number of hydrogen-bond acceptors (Lipinski definition) is 1. The van der Waals surface area contributed by atoms with E-state index < -0.39 is 17.6 Å². The molecule has 0 unspecified atom stereocenters. The van der Waals surface area contributed by atoms with Crippen molar-refractivity contribution in [1.29, 1.82) is 0 Å². The molecule has 3 heteroatoms. The highest BCUT2D eigenvalue weighted by Gasteiger charge is 2.01. The normalized spacial score (nSPS) is 30.8. The molecule has 0 aromatic rings. The molecule has 0 aromatic carbocycles. The molecular weight excluding hydrogens is 148 g/mol. The van der Waals surface area contributed by atoms with Crippen molar-refractivity contribution in [2.24, 2.45) is 0 Å². The van der Waals surface area contributed by atoms with E-state index in [1.165, 1.54) is 0 Å². The lowest BCUT2D eigenvalue weighted by Gasteiger charge is -1.87. The number of rotatable bonds is 1. The Labute approximate surface area is 49.9 Å². The minimum absolute atomic E-state index is 1.72. The van der Waals surface area contributed by atoms with Gasteiger partial charge in [-0.25, -0.2) is 0 Å². The number of carbonyl (C=O) groups is 1. The van der Waals surface area contributed by atoms with Gasteiger partial charge < -0.3 is 5.11 Å². The summed E-state index contributed by atoms with van der Waals surface area (Å²) in [5, 5.41) is 8.18. The van der Waals surface area contributed by atoms with Gasteiger partial charge in [0.2, 0.25) is 0 Å². The number of halogens is 1. The van der Waals surface area contributed by atoms with E-state index in [4.69, 9.17) is 10.6 Å². The van der Waals surface area contributed by atoms with Crippen LogP contribution in [0.2, 0.25) is 0 Å². The molecule has 0 radical (unpaired) electrons. The molecule has 1 atom stereocenters. The summed E-state index contributed by atoms with van der Waals surface area (Å²) in [5.74, 6) is -1.72. The number of aliphatic carboxylic acids is 1. The van der Waals surface area contributed by atoms with Gasteiger partial charge in [0, 0.05) is 4.11 Å². The molecule has 6 heavy (non-hydrogen) atoms. The van der Waals surface area contributed by atoms with Crippen molar-refractivity contribution in [3.8, 4) is 0 Å². The lowest BCUT2D eigenvalue weighted by atomic mass is 10.5. The SMILES string of the molecule is [2H]C([2H])([2H])[C@]([2H])(Br)C(=O)O. The number of alkyl halides is 1. The van der Waals surface area contributed by atoms with E-state index in [0.717, 1.165) is 0 Å². The molecule has 2 nitrogen and oxygen atoms in total. The van der Waals surface area contributed by atoms with Crippen LogP contribution in [0, 0.1) is 0 Å². The predicted octanol–water partition coefficient (Wildman–Crippen LogP) is 0.854. The molecule has 0 bridgehead atoms. The Balaban J connectivity index is 4.57. The molecule has 36 valence electrons. The Morgan fingerprint density at radius 2 is 3.00 bits per heavy atom. The first-order chi connectivity index (χ1) is 4.19. The second-order valence-electron chi connectivity index (χ2n) is 0.619. The highest BCUT2D eigenvalue weighted by atomic mass is 79.9. The molecule has 0 aliphatic carbocycles. The van der Waals surface area contributed by atoms with Crippen LogP contribution in [0.1, 0.15) is 12.3 Å². The predicted molar refractivity (Wildman–Crippen MR) is 26.0 cm³/mol. The molecule has 0 aliphatic heterocycles. The molecular formula is C3H5BrO2. The molecule has 0 heterocycles. The molecule has 0 aromatic heterocycles. The third kappa shape index (κ3) is 2.20. The van der Waals surface area contributed by atoms with Crippen molar-refractivity contribution in [2.75, 3.05) is 0 Å². The zero-order chi connectivity index (χ0) is 8.58. The third-order valence-corrected chi connectivity index (χ3v) is 0.527. The van der Waals surface area contributed by atoms with Gasteiger partial charge in [-0.05, 0) is 6.85 Å². The zero-order valence-corrected chi connectivity index (χ0v) is 4.32. The highest BCUT2D eigenvalue weighted by Crippen LogP contribution is 1.93. The van der Waals surface area contributed by atoms with Crippen molar-refractivity contribution in [2.45, 2.75) is 11.7 Å². The average Bonchev–Trinajstić information content (AvgIpc) is 1.62. The summed E-state index contributed by atoms with van der Waals surface area (Å²) in [6, 6.07) is 0. The monoisotopic (exact) mass is 156 g/mol. The highest BCUT2D eigenvalue weighted by molar-refractivity contribution is 9.10. The first-order valence-electron chi connectivity index (χ1n) is 3.12. The van der Waals surface area contributed by atoms with Gasteiger partial charge in [0.1, 0.15) is 4.80 Å². The van der Waals surface area contributed by atoms with E-state index in [1.54, 1.807) is 0 Å². The topological polar surface area (TPSA) is 37.3 Å². The van der Waals surface area contributed by atoms with Crippen LogP contribution in [0.4, 0.5) is 0 Å². The van der Waals surface area contributed by atoms with Gasteiger partial charge in [-0.3, -0.25) is 4.79 Å². The summed E-state index contributed by atoms with van der Waals surface area (Å²) in [6.45, 7) is -2.85.